The van der Waals surface area contributed by atoms with Crippen LogP contribution in [-0.2, 0) is 0 Å². The quantitative estimate of drug-likeness (QED) is 0.498. The van der Waals surface area contributed by atoms with Crippen LogP contribution >= 0.6 is 11.6 Å². The molecule has 0 unspecified atom stereocenters. The molecule has 0 atom stereocenters. The molecule has 10 heavy (non-hydrogen) atoms. The summed E-state index contributed by atoms with van der Waals surface area (Å²) in [6.07, 6.45) is 0. The third-order valence-corrected chi connectivity index (χ3v) is 1.70. The molecule has 0 aliphatic carbocycles. The van der Waals surface area contributed by atoms with Gasteiger partial charge in [-0.05, 0) is 13.0 Å². The molecule has 0 aliphatic heterocycles. The highest BCUT2D eigenvalue weighted by atomic mass is 35.5. The maximum absolute atomic E-state index is 12.7. The molecule has 0 fully saturated rings. The van der Waals surface area contributed by atoms with E-state index in [0.717, 1.165) is 0 Å². The molecule has 1 aromatic rings. The number of halogens is 2. The highest BCUT2D eigenvalue weighted by molar-refractivity contribution is 6.36. The number of hydrogen-bond donors (Lipinski definition) is 0. The van der Waals surface area contributed by atoms with Crippen molar-refractivity contribution in [3.05, 3.63) is 28.5 Å². The lowest BCUT2D eigenvalue weighted by Gasteiger charge is -2.00. The molecular weight excluding hydrogens is 149 g/mol. The fourth-order valence-corrected chi connectivity index (χ4v) is 0.881. The molecule has 0 amide bonds. The van der Waals surface area contributed by atoms with E-state index >= 15 is 0 Å². The van der Waals surface area contributed by atoms with E-state index in [2.05, 4.69) is 0 Å². The van der Waals surface area contributed by atoms with E-state index in [1.165, 1.54) is 12.1 Å². The molecule has 1 rings (SSSR count). The van der Waals surface area contributed by atoms with Crippen molar-refractivity contribution in [2.24, 2.45) is 0 Å². The molecule has 0 aromatic heterocycles. The van der Waals surface area contributed by atoms with Crippen LogP contribution in [-0.4, -0.2) is 7.85 Å². The van der Waals surface area contributed by atoms with Crippen molar-refractivity contribution in [1.29, 1.82) is 0 Å². The maximum atomic E-state index is 12.7. The lowest BCUT2D eigenvalue weighted by molar-refractivity contribution is 0.620. The average Bonchev–Trinajstić information content (AvgIpc) is 1.82. The molecule has 2 radical (unpaired) electrons. The summed E-state index contributed by atoms with van der Waals surface area (Å²) in [6, 6.07) is 2.78. The minimum atomic E-state index is -0.356. The standard InChI is InChI=1S/C7H5BClF/c1-4-6(9)2-5(8)3-7(4)10/h2-3H,1H3. The first-order valence-corrected chi connectivity index (χ1v) is 3.20. The van der Waals surface area contributed by atoms with Crippen LogP contribution < -0.4 is 5.46 Å². The molecule has 0 N–H and O–H groups in total. The predicted molar refractivity (Wildman–Crippen MR) is 41.5 cm³/mol. The Hall–Kier alpha value is -0.495. The number of hydrogen-bond acceptors (Lipinski definition) is 0. The number of benzene rings is 1. The van der Waals surface area contributed by atoms with E-state index < -0.39 is 0 Å². The molecule has 3 heteroatoms. The van der Waals surface area contributed by atoms with Crippen molar-refractivity contribution in [3.8, 4) is 0 Å². The van der Waals surface area contributed by atoms with E-state index in [0.29, 0.717) is 16.0 Å². The first-order chi connectivity index (χ1) is 4.61. The summed E-state index contributed by atoms with van der Waals surface area (Å²) in [5.74, 6) is -0.356. The van der Waals surface area contributed by atoms with Gasteiger partial charge in [0.2, 0.25) is 0 Å². The Morgan fingerprint density at radius 1 is 1.50 bits per heavy atom. The average molecular weight is 154 g/mol. The zero-order valence-electron chi connectivity index (χ0n) is 5.49. The van der Waals surface area contributed by atoms with Crippen molar-refractivity contribution in [3.63, 3.8) is 0 Å². The third kappa shape index (κ3) is 1.32. The van der Waals surface area contributed by atoms with Gasteiger partial charge in [-0.2, -0.15) is 0 Å². The summed E-state index contributed by atoms with van der Waals surface area (Å²) in [5, 5.41) is 0.373. The van der Waals surface area contributed by atoms with Gasteiger partial charge in [0.05, 0.1) is 0 Å². The monoisotopic (exact) mass is 154 g/mol. The molecule has 0 bridgehead atoms. The van der Waals surface area contributed by atoms with Crippen molar-refractivity contribution in [1.82, 2.24) is 0 Å². The second-order valence-corrected chi connectivity index (χ2v) is 2.52. The Morgan fingerprint density at radius 2 is 2.10 bits per heavy atom. The molecule has 0 spiro atoms. The molecule has 0 saturated carbocycles. The zero-order chi connectivity index (χ0) is 7.72. The van der Waals surface area contributed by atoms with Gasteiger partial charge in [-0.3, -0.25) is 0 Å². The van der Waals surface area contributed by atoms with E-state index in [-0.39, 0.29) is 5.82 Å². The summed E-state index contributed by atoms with van der Waals surface area (Å²) in [5.41, 5.74) is 0.795. The first kappa shape index (κ1) is 7.61. The van der Waals surface area contributed by atoms with Gasteiger partial charge in [-0.25, -0.2) is 4.39 Å². The van der Waals surface area contributed by atoms with E-state index in [4.69, 9.17) is 19.4 Å². The van der Waals surface area contributed by atoms with Crippen LogP contribution in [0.3, 0.4) is 0 Å². The Kier molecular flexibility index (Phi) is 2.00. The normalized spacial score (nSPS) is 9.90. The summed E-state index contributed by atoms with van der Waals surface area (Å²) >= 11 is 5.60. The summed E-state index contributed by atoms with van der Waals surface area (Å²) in [4.78, 5) is 0. The number of rotatable bonds is 0. The van der Waals surface area contributed by atoms with Gasteiger partial charge >= 0.3 is 0 Å². The van der Waals surface area contributed by atoms with Gasteiger partial charge in [-0.1, -0.05) is 23.1 Å². The Bertz CT molecular complexity index is 237. The predicted octanol–water partition coefficient (Wildman–Crippen LogP) is 1.58. The fourth-order valence-electron chi connectivity index (χ4n) is 0.665. The van der Waals surface area contributed by atoms with Crippen LogP contribution in [0.5, 0.6) is 0 Å². The zero-order valence-corrected chi connectivity index (χ0v) is 6.24. The molecule has 50 valence electrons. The molecular formula is C7H5BClF. The van der Waals surface area contributed by atoms with Crippen molar-refractivity contribution in [2.45, 2.75) is 6.92 Å². The molecule has 0 nitrogen and oxygen atoms in total. The molecule has 0 aliphatic rings. The minimum Gasteiger partial charge on any atom is -0.207 e. The van der Waals surface area contributed by atoms with Crippen LogP contribution in [0.15, 0.2) is 12.1 Å². The van der Waals surface area contributed by atoms with E-state index in [1.54, 1.807) is 6.92 Å². The lowest BCUT2D eigenvalue weighted by Crippen LogP contribution is -2.03. The van der Waals surface area contributed by atoms with Crippen LogP contribution in [0, 0.1) is 12.7 Å². The van der Waals surface area contributed by atoms with Crippen molar-refractivity contribution >= 4 is 24.9 Å². The second kappa shape index (κ2) is 2.63. The highest BCUT2D eigenvalue weighted by Crippen LogP contribution is 2.15. The smallest absolute Gasteiger partial charge is 0.127 e. The van der Waals surface area contributed by atoms with Gasteiger partial charge < -0.3 is 0 Å². The Balaban J connectivity index is 3.31. The minimum absolute atomic E-state index is 0.355. The summed E-state index contributed by atoms with van der Waals surface area (Å²) in [7, 11) is 5.30. The third-order valence-electron chi connectivity index (χ3n) is 1.30. The van der Waals surface area contributed by atoms with Gasteiger partial charge in [-0.15, -0.1) is 0 Å². The SMILES string of the molecule is [B]c1cc(F)c(C)c(Cl)c1. The maximum Gasteiger partial charge on any atom is 0.127 e. The van der Waals surface area contributed by atoms with Gasteiger partial charge in [0.25, 0.3) is 0 Å². The highest BCUT2D eigenvalue weighted by Gasteiger charge is 2.01. The van der Waals surface area contributed by atoms with Gasteiger partial charge in [0, 0.05) is 10.6 Å². The van der Waals surface area contributed by atoms with Crippen LogP contribution in [0.1, 0.15) is 5.56 Å². The molecule has 0 saturated heterocycles. The Labute approximate surface area is 65.4 Å². The topological polar surface area (TPSA) is 0 Å². The second-order valence-electron chi connectivity index (χ2n) is 2.11. The largest absolute Gasteiger partial charge is 0.207 e. The van der Waals surface area contributed by atoms with E-state index in [1.807, 2.05) is 0 Å². The summed E-state index contributed by atoms with van der Waals surface area (Å²) < 4.78 is 12.7. The van der Waals surface area contributed by atoms with Crippen molar-refractivity contribution < 1.29 is 4.39 Å². The van der Waals surface area contributed by atoms with Crippen molar-refractivity contribution in [2.75, 3.05) is 0 Å². The van der Waals surface area contributed by atoms with Crippen LogP contribution in [0.2, 0.25) is 5.02 Å². The van der Waals surface area contributed by atoms with Gasteiger partial charge in [0.15, 0.2) is 0 Å². The molecule has 1 aromatic carbocycles. The lowest BCUT2D eigenvalue weighted by atomic mass is 9.95. The van der Waals surface area contributed by atoms with Gasteiger partial charge in [0.1, 0.15) is 13.7 Å². The van der Waals surface area contributed by atoms with Crippen LogP contribution in [0.25, 0.3) is 0 Å². The molecule has 0 heterocycles. The van der Waals surface area contributed by atoms with Crippen LogP contribution in [0.4, 0.5) is 4.39 Å². The fraction of sp³-hybridized carbons (Fsp3) is 0.143. The first-order valence-electron chi connectivity index (χ1n) is 2.82. The Morgan fingerprint density at radius 3 is 2.60 bits per heavy atom. The summed E-state index contributed by atoms with van der Waals surface area (Å²) in [6.45, 7) is 1.61. The van der Waals surface area contributed by atoms with E-state index in [9.17, 15) is 4.39 Å².